The lowest BCUT2D eigenvalue weighted by molar-refractivity contribution is 1.26. The summed E-state index contributed by atoms with van der Waals surface area (Å²) in [5.74, 6) is 0. The molecule has 0 aliphatic carbocycles. The maximum absolute atomic E-state index is 3.30. The average Bonchev–Trinajstić information content (AvgIpc) is 2.38. The summed E-state index contributed by atoms with van der Waals surface area (Å²) in [6.07, 6.45) is 5.11. The molecule has 2 aromatic carbocycles. The third kappa shape index (κ3) is 3.49. The maximum atomic E-state index is 3.30. The van der Waals surface area contributed by atoms with E-state index in [-0.39, 0.29) is 0 Å². The van der Waals surface area contributed by atoms with Crippen LogP contribution in [0, 0.1) is 6.92 Å². The van der Waals surface area contributed by atoms with Crippen molar-refractivity contribution in [3.8, 4) is 0 Å². The van der Waals surface area contributed by atoms with Crippen LogP contribution in [0.15, 0.2) is 66.9 Å². The number of aryl methyl sites for hydroxylation is 1. The van der Waals surface area contributed by atoms with Gasteiger partial charge in [-0.05, 0) is 36.7 Å². The molecule has 0 aromatic heterocycles. The summed E-state index contributed by atoms with van der Waals surface area (Å²) in [5, 5.41) is 3.30. The first-order valence-electron chi connectivity index (χ1n) is 5.87. The molecule has 0 bridgehead atoms. The Morgan fingerprint density at radius 2 is 1.65 bits per heavy atom. The standard InChI is InChI=1S/C16H17N/c1-14-8-5-6-12-16(14)17-13-7-11-15-9-3-2-4-10-15/h2-10,12-13,17H,11H2,1H3/b13-7+. The number of hydrogen-bond acceptors (Lipinski definition) is 1. The number of para-hydroxylation sites is 1. The molecule has 0 aliphatic heterocycles. The fourth-order valence-corrected chi connectivity index (χ4v) is 1.69. The number of hydrogen-bond donors (Lipinski definition) is 1. The predicted molar refractivity (Wildman–Crippen MR) is 74.1 cm³/mol. The zero-order valence-electron chi connectivity index (χ0n) is 10.1. The highest BCUT2D eigenvalue weighted by atomic mass is 14.8. The largest absolute Gasteiger partial charge is 0.362 e. The zero-order chi connectivity index (χ0) is 11.9. The van der Waals surface area contributed by atoms with E-state index in [1.165, 1.54) is 11.1 Å². The third-order valence-corrected chi connectivity index (χ3v) is 2.70. The minimum absolute atomic E-state index is 0.958. The summed E-state index contributed by atoms with van der Waals surface area (Å²) in [7, 11) is 0. The van der Waals surface area contributed by atoms with Crippen LogP contribution in [-0.4, -0.2) is 0 Å². The van der Waals surface area contributed by atoms with Gasteiger partial charge in [-0.15, -0.1) is 0 Å². The molecule has 1 heteroatoms. The Labute approximate surface area is 103 Å². The molecule has 0 radical (unpaired) electrons. The highest BCUT2D eigenvalue weighted by Crippen LogP contribution is 2.12. The second kappa shape index (κ2) is 5.90. The van der Waals surface area contributed by atoms with Crippen molar-refractivity contribution in [2.75, 3.05) is 5.32 Å². The van der Waals surface area contributed by atoms with Gasteiger partial charge < -0.3 is 5.32 Å². The molecule has 0 aliphatic rings. The first-order valence-corrected chi connectivity index (χ1v) is 5.87. The molecule has 2 aromatic rings. The van der Waals surface area contributed by atoms with E-state index in [4.69, 9.17) is 0 Å². The summed E-state index contributed by atoms with van der Waals surface area (Å²) < 4.78 is 0. The van der Waals surface area contributed by atoms with Crippen LogP contribution >= 0.6 is 0 Å². The van der Waals surface area contributed by atoms with E-state index in [9.17, 15) is 0 Å². The van der Waals surface area contributed by atoms with Crippen molar-refractivity contribution in [1.29, 1.82) is 0 Å². The monoisotopic (exact) mass is 223 g/mol. The van der Waals surface area contributed by atoms with Gasteiger partial charge in [0.05, 0.1) is 0 Å². The van der Waals surface area contributed by atoms with Gasteiger partial charge in [0.25, 0.3) is 0 Å². The molecule has 0 saturated carbocycles. The Balaban J connectivity index is 1.89. The number of allylic oxidation sites excluding steroid dienone is 1. The molecule has 0 spiro atoms. The van der Waals surface area contributed by atoms with E-state index in [1.807, 2.05) is 24.4 Å². The second-order valence-corrected chi connectivity index (χ2v) is 4.05. The summed E-state index contributed by atoms with van der Waals surface area (Å²) in [6.45, 7) is 2.10. The molecular formula is C16H17N. The van der Waals surface area contributed by atoms with Gasteiger partial charge in [0.1, 0.15) is 0 Å². The van der Waals surface area contributed by atoms with Crippen molar-refractivity contribution in [1.82, 2.24) is 0 Å². The van der Waals surface area contributed by atoms with Gasteiger partial charge in [-0.1, -0.05) is 54.6 Å². The molecular weight excluding hydrogens is 206 g/mol. The van der Waals surface area contributed by atoms with Crippen LogP contribution in [0.25, 0.3) is 0 Å². The average molecular weight is 223 g/mol. The van der Waals surface area contributed by atoms with Crippen molar-refractivity contribution >= 4 is 5.69 Å². The Kier molecular flexibility index (Phi) is 3.98. The lowest BCUT2D eigenvalue weighted by Crippen LogP contribution is -1.90. The van der Waals surface area contributed by atoms with Crippen LogP contribution in [0.3, 0.4) is 0 Å². The maximum Gasteiger partial charge on any atom is 0.0409 e. The van der Waals surface area contributed by atoms with Crippen molar-refractivity contribution in [2.24, 2.45) is 0 Å². The fourth-order valence-electron chi connectivity index (χ4n) is 1.69. The van der Waals surface area contributed by atoms with Crippen LogP contribution in [-0.2, 0) is 6.42 Å². The second-order valence-electron chi connectivity index (χ2n) is 4.05. The Bertz CT molecular complexity index is 486. The number of anilines is 1. The molecule has 0 amide bonds. The lowest BCUT2D eigenvalue weighted by atomic mass is 10.1. The van der Waals surface area contributed by atoms with Gasteiger partial charge in [0, 0.05) is 5.69 Å². The molecule has 2 rings (SSSR count). The smallest absolute Gasteiger partial charge is 0.0409 e. The molecule has 1 nitrogen and oxygen atoms in total. The summed E-state index contributed by atoms with van der Waals surface area (Å²) in [6, 6.07) is 18.7. The summed E-state index contributed by atoms with van der Waals surface area (Å²) >= 11 is 0. The molecule has 86 valence electrons. The molecule has 0 fully saturated rings. The predicted octanol–water partition coefficient (Wildman–Crippen LogP) is 4.16. The van der Waals surface area contributed by atoms with Gasteiger partial charge in [-0.25, -0.2) is 0 Å². The minimum Gasteiger partial charge on any atom is -0.362 e. The minimum atomic E-state index is 0.958. The number of benzene rings is 2. The molecule has 0 heterocycles. The van der Waals surface area contributed by atoms with Gasteiger partial charge in [0.15, 0.2) is 0 Å². The van der Waals surface area contributed by atoms with Crippen molar-refractivity contribution in [2.45, 2.75) is 13.3 Å². The zero-order valence-corrected chi connectivity index (χ0v) is 10.1. The van der Waals surface area contributed by atoms with Crippen LogP contribution in [0.1, 0.15) is 11.1 Å². The van der Waals surface area contributed by atoms with E-state index < -0.39 is 0 Å². The molecule has 1 N–H and O–H groups in total. The third-order valence-electron chi connectivity index (χ3n) is 2.70. The van der Waals surface area contributed by atoms with E-state index in [2.05, 4.69) is 54.7 Å². The Morgan fingerprint density at radius 1 is 0.941 bits per heavy atom. The first kappa shape index (κ1) is 11.5. The van der Waals surface area contributed by atoms with Gasteiger partial charge >= 0.3 is 0 Å². The van der Waals surface area contributed by atoms with E-state index in [1.54, 1.807) is 0 Å². The van der Waals surface area contributed by atoms with Crippen LogP contribution in [0.2, 0.25) is 0 Å². The van der Waals surface area contributed by atoms with Crippen molar-refractivity contribution in [3.63, 3.8) is 0 Å². The number of nitrogens with one attached hydrogen (secondary N) is 1. The lowest BCUT2D eigenvalue weighted by Gasteiger charge is -2.04. The van der Waals surface area contributed by atoms with Crippen LogP contribution in [0.4, 0.5) is 5.69 Å². The topological polar surface area (TPSA) is 12.0 Å². The van der Waals surface area contributed by atoms with Gasteiger partial charge in [-0.3, -0.25) is 0 Å². The highest BCUT2D eigenvalue weighted by molar-refractivity contribution is 5.52. The fraction of sp³-hybridized carbons (Fsp3) is 0.125. The normalized spacial score (nSPS) is 10.6. The number of rotatable bonds is 4. The summed E-state index contributed by atoms with van der Waals surface area (Å²) in [5.41, 5.74) is 3.75. The SMILES string of the molecule is Cc1ccccc1N/C=C/Cc1ccccc1. The van der Waals surface area contributed by atoms with Crippen LogP contribution < -0.4 is 5.32 Å². The van der Waals surface area contributed by atoms with E-state index in [0.717, 1.165) is 12.1 Å². The first-order chi connectivity index (χ1) is 8.36. The van der Waals surface area contributed by atoms with E-state index >= 15 is 0 Å². The van der Waals surface area contributed by atoms with E-state index in [0.29, 0.717) is 0 Å². The molecule has 0 atom stereocenters. The Morgan fingerprint density at radius 3 is 2.41 bits per heavy atom. The van der Waals surface area contributed by atoms with Crippen molar-refractivity contribution in [3.05, 3.63) is 78.0 Å². The van der Waals surface area contributed by atoms with Gasteiger partial charge in [-0.2, -0.15) is 0 Å². The molecule has 17 heavy (non-hydrogen) atoms. The quantitative estimate of drug-likeness (QED) is 0.820. The van der Waals surface area contributed by atoms with Gasteiger partial charge in [0.2, 0.25) is 0 Å². The summed E-state index contributed by atoms with van der Waals surface area (Å²) in [4.78, 5) is 0. The molecule has 0 saturated heterocycles. The van der Waals surface area contributed by atoms with Crippen molar-refractivity contribution < 1.29 is 0 Å². The highest BCUT2D eigenvalue weighted by Gasteiger charge is 1.91. The van der Waals surface area contributed by atoms with Crippen LogP contribution in [0.5, 0.6) is 0 Å². The molecule has 0 unspecified atom stereocenters. The Hall–Kier alpha value is -2.02.